The van der Waals surface area contributed by atoms with Crippen molar-refractivity contribution < 1.29 is 9.84 Å². The molecule has 1 aromatic heterocycles. The molecule has 0 radical (unpaired) electrons. The van der Waals surface area contributed by atoms with Gasteiger partial charge in [0.1, 0.15) is 6.10 Å². The first-order valence-corrected chi connectivity index (χ1v) is 9.74. The molecule has 0 saturated heterocycles. The van der Waals surface area contributed by atoms with Gasteiger partial charge in [-0.25, -0.2) is 0 Å². The van der Waals surface area contributed by atoms with Crippen LogP contribution in [0.4, 0.5) is 0 Å². The molecule has 7 heteroatoms. The van der Waals surface area contributed by atoms with Gasteiger partial charge >= 0.3 is 0 Å². The number of aliphatic imine (C=N–C) groups is 1. The van der Waals surface area contributed by atoms with Crippen molar-refractivity contribution in [3.8, 4) is 0 Å². The van der Waals surface area contributed by atoms with E-state index in [9.17, 15) is 5.11 Å². The molecule has 26 heavy (non-hydrogen) atoms. The van der Waals surface area contributed by atoms with E-state index in [1.54, 1.807) is 25.5 Å². The number of fused-ring (bicyclic) bond motifs is 1. The van der Waals surface area contributed by atoms with Gasteiger partial charge in [0, 0.05) is 43.4 Å². The van der Waals surface area contributed by atoms with Crippen molar-refractivity contribution in [2.24, 2.45) is 4.99 Å². The number of benzene rings is 1. The summed E-state index contributed by atoms with van der Waals surface area (Å²) in [5.41, 5.74) is 0. The van der Waals surface area contributed by atoms with E-state index < -0.39 is 6.10 Å². The Bertz CT molecular complexity index is 656. The summed E-state index contributed by atoms with van der Waals surface area (Å²) in [6, 6.07) is 10.2. The molecule has 0 bridgehead atoms. The first-order chi connectivity index (χ1) is 12.6. The molecule has 144 valence electrons. The normalized spacial score (nSPS) is 13.3. The summed E-state index contributed by atoms with van der Waals surface area (Å²) < 4.78 is 6.27. The number of likely N-dealkylation sites (N-methyl/N-ethyl adjacent to an activating group) is 1. The molecule has 3 N–H and O–H groups in total. The monoisotopic (exact) mass is 378 g/mol. The van der Waals surface area contributed by atoms with Crippen molar-refractivity contribution in [2.45, 2.75) is 12.5 Å². The zero-order valence-corrected chi connectivity index (χ0v) is 16.7. The molecular weight excluding hydrogens is 348 g/mol. The quantitative estimate of drug-likeness (QED) is 0.335. The smallest absolute Gasteiger partial charge is 0.191 e. The third kappa shape index (κ3) is 6.57. The molecule has 1 heterocycles. The molecule has 2 rings (SSSR count). The Balaban J connectivity index is 1.71. The minimum Gasteiger partial charge on any atom is -0.386 e. The van der Waals surface area contributed by atoms with Crippen LogP contribution in [0, 0.1) is 0 Å². The molecule has 0 saturated carbocycles. The fourth-order valence-corrected chi connectivity index (χ4v) is 3.65. The minimum atomic E-state index is -0.550. The van der Waals surface area contributed by atoms with Crippen molar-refractivity contribution in [1.29, 1.82) is 0 Å². The lowest BCUT2D eigenvalue weighted by molar-refractivity contribution is 0.161. The SMILES string of the molecule is CN=C(NCCCN(C)CCOC)NCC(O)c1cc2ccccc2s1. The van der Waals surface area contributed by atoms with Gasteiger partial charge in [0.25, 0.3) is 0 Å². The van der Waals surface area contributed by atoms with Crippen molar-refractivity contribution >= 4 is 27.4 Å². The number of aliphatic hydroxyl groups is 1. The summed E-state index contributed by atoms with van der Waals surface area (Å²) in [5, 5.41) is 18.1. The van der Waals surface area contributed by atoms with Crippen LogP contribution in [0.15, 0.2) is 35.3 Å². The predicted octanol–water partition coefficient (Wildman–Crippen LogP) is 2.07. The number of hydrogen-bond acceptors (Lipinski definition) is 5. The molecule has 1 atom stereocenters. The van der Waals surface area contributed by atoms with E-state index in [1.807, 2.05) is 12.1 Å². The van der Waals surface area contributed by atoms with E-state index in [-0.39, 0.29) is 0 Å². The van der Waals surface area contributed by atoms with Gasteiger partial charge in [0.05, 0.1) is 6.61 Å². The second-order valence-corrected chi connectivity index (χ2v) is 7.35. The van der Waals surface area contributed by atoms with E-state index in [4.69, 9.17) is 4.74 Å². The number of ether oxygens (including phenoxy) is 1. The van der Waals surface area contributed by atoms with Crippen molar-refractivity contribution in [3.63, 3.8) is 0 Å². The van der Waals surface area contributed by atoms with Crippen molar-refractivity contribution in [2.75, 3.05) is 54.0 Å². The second kappa shape index (κ2) is 11.1. The molecule has 0 aliphatic heterocycles. The third-order valence-corrected chi connectivity index (χ3v) is 5.36. The van der Waals surface area contributed by atoms with Crippen molar-refractivity contribution in [1.82, 2.24) is 15.5 Å². The van der Waals surface area contributed by atoms with Crippen LogP contribution in [0.25, 0.3) is 10.1 Å². The lowest BCUT2D eigenvalue weighted by Crippen LogP contribution is -2.40. The highest BCUT2D eigenvalue weighted by molar-refractivity contribution is 7.19. The average Bonchev–Trinajstić information content (AvgIpc) is 3.09. The molecule has 0 fully saturated rings. The number of guanidine groups is 1. The summed E-state index contributed by atoms with van der Waals surface area (Å²) >= 11 is 1.63. The van der Waals surface area contributed by atoms with Crippen LogP contribution in [0.1, 0.15) is 17.4 Å². The molecule has 6 nitrogen and oxygen atoms in total. The van der Waals surface area contributed by atoms with E-state index in [1.165, 1.54) is 10.1 Å². The Morgan fingerprint density at radius 1 is 1.31 bits per heavy atom. The number of aliphatic hydroxyl groups excluding tert-OH is 1. The van der Waals surface area contributed by atoms with Crippen molar-refractivity contribution in [3.05, 3.63) is 35.2 Å². The summed E-state index contributed by atoms with van der Waals surface area (Å²) in [7, 11) is 5.55. The van der Waals surface area contributed by atoms with Gasteiger partial charge in [0.2, 0.25) is 0 Å². The number of hydrogen-bond donors (Lipinski definition) is 3. The fraction of sp³-hybridized carbons (Fsp3) is 0.526. The van der Waals surface area contributed by atoms with E-state index in [0.717, 1.165) is 37.5 Å². The first-order valence-electron chi connectivity index (χ1n) is 8.92. The van der Waals surface area contributed by atoms with Crippen LogP contribution in [-0.4, -0.2) is 70.0 Å². The van der Waals surface area contributed by atoms with Crippen LogP contribution in [0.5, 0.6) is 0 Å². The Morgan fingerprint density at radius 3 is 2.85 bits per heavy atom. The molecule has 0 amide bonds. The highest BCUT2D eigenvalue weighted by Crippen LogP contribution is 2.29. The summed E-state index contributed by atoms with van der Waals surface area (Å²) in [4.78, 5) is 7.43. The van der Waals surface area contributed by atoms with Gasteiger partial charge in [-0.1, -0.05) is 18.2 Å². The van der Waals surface area contributed by atoms with Crippen LogP contribution in [-0.2, 0) is 4.74 Å². The maximum absolute atomic E-state index is 10.4. The van der Waals surface area contributed by atoms with E-state index >= 15 is 0 Å². The van der Waals surface area contributed by atoms with E-state index in [2.05, 4.69) is 45.8 Å². The minimum absolute atomic E-state index is 0.431. The number of thiophene rings is 1. The standard InChI is InChI=1S/C19H30N4O2S/c1-20-19(21-9-6-10-23(2)11-12-25-3)22-14-16(24)18-13-15-7-4-5-8-17(15)26-18/h4-5,7-8,13,16,24H,6,9-12,14H2,1-3H3,(H2,20,21,22). The van der Waals surface area contributed by atoms with Gasteiger partial charge in [-0.05, 0) is 37.5 Å². The first kappa shape index (κ1) is 20.6. The van der Waals surface area contributed by atoms with E-state index in [0.29, 0.717) is 12.5 Å². The Hall–Kier alpha value is -1.67. The lowest BCUT2D eigenvalue weighted by atomic mass is 10.2. The molecule has 1 aromatic carbocycles. The fourth-order valence-electron chi connectivity index (χ4n) is 2.60. The summed E-state index contributed by atoms with van der Waals surface area (Å²) in [6.07, 6.45) is 0.464. The predicted molar refractivity (Wildman–Crippen MR) is 110 cm³/mol. The summed E-state index contributed by atoms with van der Waals surface area (Å²) in [5.74, 6) is 0.713. The van der Waals surface area contributed by atoms with Gasteiger partial charge in [-0.2, -0.15) is 0 Å². The van der Waals surface area contributed by atoms with Crippen LogP contribution in [0.2, 0.25) is 0 Å². The molecule has 0 spiro atoms. The van der Waals surface area contributed by atoms with Crippen LogP contribution in [0.3, 0.4) is 0 Å². The zero-order valence-electron chi connectivity index (χ0n) is 15.9. The zero-order chi connectivity index (χ0) is 18.8. The second-order valence-electron chi connectivity index (χ2n) is 6.23. The largest absolute Gasteiger partial charge is 0.386 e. The third-order valence-electron chi connectivity index (χ3n) is 4.15. The van der Waals surface area contributed by atoms with Gasteiger partial charge in [0.15, 0.2) is 5.96 Å². The van der Waals surface area contributed by atoms with Gasteiger partial charge in [-0.15, -0.1) is 11.3 Å². The Morgan fingerprint density at radius 2 is 2.12 bits per heavy atom. The number of nitrogens with zero attached hydrogens (tertiary/aromatic N) is 2. The average molecular weight is 379 g/mol. The molecule has 0 aliphatic rings. The Labute approximate surface area is 159 Å². The highest BCUT2D eigenvalue weighted by Gasteiger charge is 2.12. The van der Waals surface area contributed by atoms with Crippen LogP contribution < -0.4 is 10.6 Å². The maximum Gasteiger partial charge on any atom is 0.191 e. The van der Waals surface area contributed by atoms with Crippen LogP contribution >= 0.6 is 11.3 Å². The Kier molecular flexibility index (Phi) is 8.84. The maximum atomic E-state index is 10.4. The number of rotatable bonds is 10. The topological polar surface area (TPSA) is 69.1 Å². The highest BCUT2D eigenvalue weighted by atomic mass is 32.1. The molecule has 0 aliphatic carbocycles. The molecule has 1 unspecified atom stereocenters. The van der Waals surface area contributed by atoms with Gasteiger partial charge < -0.3 is 25.4 Å². The number of methoxy groups -OCH3 is 1. The molecule has 2 aromatic rings. The number of nitrogens with one attached hydrogen (secondary N) is 2. The summed E-state index contributed by atoms with van der Waals surface area (Å²) in [6.45, 7) is 3.95. The lowest BCUT2D eigenvalue weighted by Gasteiger charge is -2.17. The molecular formula is C19H30N4O2S. The van der Waals surface area contributed by atoms with Gasteiger partial charge in [-0.3, -0.25) is 4.99 Å².